The highest BCUT2D eigenvalue weighted by molar-refractivity contribution is 5.59. The molecule has 2 rings (SSSR count). The minimum Gasteiger partial charge on any atom is -0.382 e. The van der Waals surface area contributed by atoms with Gasteiger partial charge < -0.3 is 5.73 Å². The lowest BCUT2D eigenvalue weighted by Gasteiger charge is -2.23. The molecule has 2 unspecified atom stereocenters. The number of nitrogen functional groups attached to an aromatic ring is 1. The SMILES string of the molecule is CC(C)C1C=CC(n2ccc(N)n2)=CC1F. The fraction of sp³-hybridized carbons (Fsp3) is 0.417. The van der Waals surface area contributed by atoms with Gasteiger partial charge in [-0.05, 0) is 18.1 Å². The number of hydrogen-bond donors (Lipinski definition) is 1. The van der Waals surface area contributed by atoms with E-state index in [9.17, 15) is 4.39 Å². The zero-order valence-corrected chi connectivity index (χ0v) is 9.47. The van der Waals surface area contributed by atoms with Crippen LogP contribution in [-0.2, 0) is 0 Å². The van der Waals surface area contributed by atoms with Crippen LogP contribution in [0.25, 0.3) is 5.70 Å². The number of alkyl halides is 1. The fourth-order valence-electron chi connectivity index (χ4n) is 1.87. The van der Waals surface area contributed by atoms with Crippen molar-refractivity contribution >= 4 is 11.5 Å². The van der Waals surface area contributed by atoms with E-state index in [1.807, 2.05) is 26.0 Å². The van der Waals surface area contributed by atoms with Crippen molar-refractivity contribution in [2.75, 3.05) is 5.73 Å². The van der Waals surface area contributed by atoms with Crippen LogP contribution in [0.3, 0.4) is 0 Å². The van der Waals surface area contributed by atoms with Gasteiger partial charge in [-0.25, -0.2) is 9.07 Å². The summed E-state index contributed by atoms with van der Waals surface area (Å²) in [5.74, 6) is 0.694. The summed E-state index contributed by atoms with van der Waals surface area (Å²) in [5, 5.41) is 4.05. The first-order chi connectivity index (χ1) is 7.58. The number of allylic oxidation sites excluding steroid dienone is 4. The van der Waals surface area contributed by atoms with E-state index in [0.717, 1.165) is 5.70 Å². The minimum absolute atomic E-state index is 0.0448. The number of anilines is 1. The average molecular weight is 221 g/mol. The molecule has 16 heavy (non-hydrogen) atoms. The second-order valence-electron chi connectivity index (χ2n) is 4.40. The molecule has 0 aromatic carbocycles. The number of hydrogen-bond acceptors (Lipinski definition) is 2. The zero-order valence-electron chi connectivity index (χ0n) is 9.47. The molecule has 2 atom stereocenters. The third-order valence-electron chi connectivity index (χ3n) is 2.83. The van der Waals surface area contributed by atoms with Gasteiger partial charge in [0.25, 0.3) is 0 Å². The van der Waals surface area contributed by atoms with Gasteiger partial charge in [-0.15, -0.1) is 0 Å². The number of nitrogens with two attached hydrogens (primary N) is 1. The molecule has 4 heteroatoms. The van der Waals surface area contributed by atoms with E-state index in [-0.39, 0.29) is 5.92 Å². The number of aromatic nitrogens is 2. The van der Waals surface area contributed by atoms with Crippen molar-refractivity contribution in [2.45, 2.75) is 20.0 Å². The van der Waals surface area contributed by atoms with Crippen LogP contribution >= 0.6 is 0 Å². The first kappa shape index (κ1) is 10.9. The number of rotatable bonds is 2. The summed E-state index contributed by atoms with van der Waals surface area (Å²) >= 11 is 0. The zero-order chi connectivity index (χ0) is 11.7. The summed E-state index contributed by atoms with van der Waals surface area (Å²) in [4.78, 5) is 0. The van der Waals surface area contributed by atoms with Crippen LogP contribution in [0.4, 0.5) is 10.2 Å². The topological polar surface area (TPSA) is 43.8 Å². The van der Waals surface area contributed by atoms with Crippen LogP contribution in [0, 0.1) is 11.8 Å². The molecule has 1 aromatic rings. The molecule has 0 saturated heterocycles. The normalized spacial score (nSPS) is 24.9. The maximum absolute atomic E-state index is 13.8. The molecule has 1 aromatic heterocycles. The molecule has 1 heterocycles. The van der Waals surface area contributed by atoms with Crippen molar-refractivity contribution in [1.29, 1.82) is 0 Å². The highest BCUT2D eigenvalue weighted by atomic mass is 19.1. The molecule has 0 saturated carbocycles. The number of nitrogens with zero attached hydrogens (tertiary/aromatic N) is 2. The molecule has 2 N–H and O–H groups in total. The summed E-state index contributed by atoms with van der Waals surface area (Å²) in [6.45, 7) is 4.04. The molecule has 0 fully saturated rings. The molecule has 1 aliphatic rings. The van der Waals surface area contributed by atoms with E-state index < -0.39 is 6.17 Å². The van der Waals surface area contributed by atoms with Crippen LogP contribution in [0.2, 0.25) is 0 Å². The Morgan fingerprint density at radius 1 is 1.50 bits per heavy atom. The standard InChI is InChI=1S/C12H16FN3/c1-8(2)10-4-3-9(7-11(10)13)16-6-5-12(14)15-16/h3-8,10-11H,1-2H3,(H2,14,15). The molecular weight excluding hydrogens is 205 g/mol. The fourth-order valence-corrected chi connectivity index (χ4v) is 1.87. The lowest BCUT2D eigenvalue weighted by atomic mass is 9.87. The molecule has 0 aliphatic heterocycles. The van der Waals surface area contributed by atoms with Gasteiger partial charge in [0.15, 0.2) is 0 Å². The van der Waals surface area contributed by atoms with Gasteiger partial charge in [0.2, 0.25) is 0 Å². The highest BCUT2D eigenvalue weighted by Crippen LogP contribution is 2.27. The Labute approximate surface area is 94.4 Å². The largest absolute Gasteiger partial charge is 0.382 e. The number of halogens is 1. The summed E-state index contributed by atoms with van der Waals surface area (Å²) in [7, 11) is 0. The van der Waals surface area contributed by atoms with Gasteiger partial charge in [-0.3, -0.25) is 0 Å². The summed E-state index contributed by atoms with van der Waals surface area (Å²) < 4.78 is 15.4. The average Bonchev–Trinajstić information content (AvgIpc) is 2.64. The molecular formula is C12H16FN3. The first-order valence-corrected chi connectivity index (χ1v) is 5.43. The van der Waals surface area contributed by atoms with Gasteiger partial charge in [0.05, 0.1) is 5.70 Å². The molecule has 1 aliphatic carbocycles. The van der Waals surface area contributed by atoms with E-state index in [2.05, 4.69) is 5.10 Å². The van der Waals surface area contributed by atoms with Gasteiger partial charge in [-0.1, -0.05) is 19.9 Å². The van der Waals surface area contributed by atoms with E-state index in [1.54, 1.807) is 23.0 Å². The second-order valence-corrected chi connectivity index (χ2v) is 4.40. The minimum atomic E-state index is -0.953. The van der Waals surface area contributed by atoms with Gasteiger partial charge >= 0.3 is 0 Å². The van der Waals surface area contributed by atoms with E-state index in [0.29, 0.717) is 11.7 Å². The molecule has 3 nitrogen and oxygen atoms in total. The molecule has 0 spiro atoms. The Kier molecular flexibility index (Phi) is 2.81. The lowest BCUT2D eigenvalue weighted by molar-refractivity contribution is 0.266. The maximum atomic E-state index is 13.8. The van der Waals surface area contributed by atoms with Gasteiger partial charge in [0.1, 0.15) is 12.0 Å². The van der Waals surface area contributed by atoms with Crippen molar-refractivity contribution in [3.63, 3.8) is 0 Å². The Morgan fingerprint density at radius 3 is 2.75 bits per heavy atom. The summed E-state index contributed by atoms with van der Waals surface area (Å²) in [6.07, 6.45) is 6.17. The van der Waals surface area contributed by atoms with E-state index in [4.69, 9.17) is 5.73 Å². The third kappa shape index (κ3) is 2.01. The van der Waals surface area contributed by atoms with Crippen molar-refractivity contribution in [2.24, 2.45) is 11.8 Å². The van der Waals surface area contributed by atoms with Gasteiger partial charge in [-0.2, -0.15) is 5.10 Å². The van der Waals surface area contributed by atoms with Crippen LogP contribution in [0.15, 0.2) is 30.5 Å². The predicted octanol–water partition coefficient (Wildman–Crippen LogP) is 2.49. The van der Waals surface area contributed by atoms with E-state index in [1.165, 1.54) is 0 Å². The Bertz CT molecular complexity index is 431. The summed E-state index contributed by atoms with van der Waals surface area (Å²) in [6, 6.07) is 1.69. The smallest absolute Gasteiger partial charge is 0.145 e. The monoisotopic (exact) mass is 221 g/mol. The van der Waals surface area contributed by atoms with Crippen molar-refractivity contribution in [1.82, 2.24) is 9.78 Å². The Hall–Kier alpha value is -1.58. The van der Waals surface area contributed by atoms with Crippen molar-refractivity contribution < 1.29 is 4.39 Å². The summed E-state index contributed by atoms with van der Waals surface area (Å²) in [5.41, 5.74) is 6.26. The van der Waals surface area contributed by atoms with Crippen molar-refractivity contribution in [3.05, 3.63) is 30.5 Å². The Balaban J connectivity index is 2.22. The Morgan fingerprint density at radius 2 is 2.25 bits per heavy atom. The van der Waals surface area contributed by atoms with E-state index >= 15 is 0 Å². The quantitative estimate of drug-likeness (QED) is 0.833. The second kappa shape index (κ2) is 4.12. The highest BCUT2D eigenvalue weighted by Gasteiger charge is 2.23. The predicted molar refractivity (Wildman–Crippen MR) is 63.3 cm³/mol. The molecule has 0 bridgehead atoms. The van der Waals surface area contributed by atoms with Crippen LogP contribution in [0.1, 0.15) is 13.8 Å². The maximum Gasteiger partial charge on any atom is 0.145 e. The van der Waals surface area contributed by atoms with Crippen LogP contribution in [0.5, 0.6) is 0 Å². The molecule has 0 amide bonds. The lowest BCUT2D eigenvalue weighted by Crippen LogP contribution is -2.21. The van der Waals surface area contributed by atoms with Crippen molar-refractivity contribution in [3.8, 4) is 0 Å². The van der Waals surface area contributed by atoms with Crippen LogP contribution < -0.4 is 5.73 Å². The third-order valence-corrected chi connectivity index (χ3v) is 2.83. The van der Waals surface area contributed by atoms with Crippen LogP contribution in [-0.4, -0.2) is 16.0 Å². The van der Waals surface area contributed by atoms with Gasteiger partial charge in [0, 0.05) is 18.2 Å². The first-order valence-electron chi connectivity index (χ1n) is 5.43. The molecule has 86 valence electrons. The molecule has 0 radical (unpaired) electrons.